The summed E-state index contributed by atoms with van der Waals surface area (Å²) >= 11 is 73.3. The molecule has 3 aliphatic rings. The van der Waals surface area contributed by atoms with Crippen molar-refractivity contribution in [2.24, 2.45) is 5.92 Å². The van der Waals surface area contributed by atoms with Gasteiger partial charge in [-0.25, -0.2) is 19.3 Å². The molecule has 1 fully saturated rings. The zero-order valence-corrected chi connectivity index (χ0v) is 71.4. The number of benzene rings is 5. The lowest BCUT2D eigenvalue weighted by Crippen LogP contribution is -2.24. The summed E-state index contributed by atoms with van der Waals surface area (Å²) in [5.74, 6) is 1.66. The fourth-order valence-corrected chi connectivity index (χ4v) is 13.5. The first-order chi connectivity index (χ1) is 54.0. The summed E-state index contributed by atoms with van der Waals surface area (Å²) in [5, 5.41) is 6.53. The molecule has 2 aliphatic heterocycles. The SMILES string of the molecule is CC(=O)c1csc(-c2ccccc2)n1.Cc1cc(C(=O)Cl)nn1C(C)(C)C.O=C(Cl)C1=Cc2cc(Cl)ccc2OC1.O=C(Cl)C1CCCCC1.O=C(Cl)c1cc(F)cc2c1OCOC2.O=C(Cl)c1ccc(Oc2cc(Cl)cc(Cl)c2)o1.O=C(Cl)c1ccnc(Cl)c1.O=C(Cl)c1ncoc1-c1ccccc1.O=C(Cl)c1sccc1Cl. The molecular weight excluding hydrogens is 1790 g/mol. The van der Waals surface area contributed by atoms with E-state index < -0.39 is 42.5 Å². The van der Waals surface area contributed by atoms with E-state index in [-0.39, 0.29) is 70.6 Å². The zero-order chi connectivity index (χ0) is 83.9. The lowest BCUT2D eigenvalue weighted by molar-refractivity contribution is -0.116. The number of ketones is 1. The van der Waals surface area contributed by atoms with Gasteiger partial charge in [0.15, 0.2) is 36.2 Å². The van der Waals surface area contributed by atoms with Crippen molar-refractivity contribution in [1.82, 2.24) is 24.7 Å². The maximum Gasteiger partial charge on any atom is 0.290 e. The second-order valence-electron chi connectivity index (χ2n) is 24.1. The molecule has 14 rings (SSSR count). The van der Waals surface area contributed by atoms with E-state index >= 15 is 0 Å². The van der Waals surface area contributed by atoms with Gasteiger partial charge < -0.3 is 27.8 Å². The van der Waals surface area contributed by atoms with Gasteiger partial charge in [-0.15, -0.1) is 22.7 Å². The molecule has 114 heavy (non-hydrogen) atoms. The molecular formula is C78H61Cl13FN5O15S2. The largest absolute Gasteiger partial charge is 0.488 e. The summed E-state index contributed by atoms with van der Waals surface area (Å²) in [6.07, 6.45) is 10.0. The number of rotatable bonds is 13. The molecule has 0 bridgehead atoms. The van der Waals surface area contributed by atoms with Gasteiger partial charge in [0, 0.05) is 84.6 Å². The van der Waals surface area contributed by atoms with E-state index in [1.54, 1.807) is 70.0 Å². The fraction of sp³-hybridized carbons (Fsp3) is 0.192. The molecule has 1 aliphatic carbocycles. The number of hydrogen-bond acceptors (Lipinski definition) is 21. The van der Waals surface area contributed by atoms with E-state index in [4.69, 9.17) is 179 Å². The Hall–Kier alpha value is -7.89. The van der Waals surface area contributed by atoms with Crippen molar-refractivity contribution in [2.45, 2.75) is 78.9 Å². The number of halogens is 14. The van der Waals surface area contributed by atoms with E-state index in [1.165, 1.54) is 91.8 Å². The summed E-state index contributed by atoms with van der Waals surface area (Å²) in [4.78, 5) is 109. The number of carbonyl (C=O) groups excluding carboxylic acids is 9. The van der Waals surface area contributed by atoms with Crippen molar-refractivity contribution in [3.63, 3.8) is 0 Å². The second kappa shape index (κ2) is 47.4. The molecule has 0 N–H and O–H groups in total. The van der Waals surface area contributed by atoms with Crippen LogP contribution in [0.4, 0.5) is 4.39 Å². The molecule has 8 heterocycles. The molecule has 1 saturated carbocycles. The summed E-state index contributed by atoms with van der Waals surface area (Å²) in [6, 6.07) is 40.5. The first-order valence-corrected chi connectivity index (χ1v) is 39.6. The first-order valence-electron chi connectivity index (χ1n) is 32.9. The third kappa shape index (κ3) is 31.6. The highest BCUT2D eigenvalue weighted by atomic mass is 35.5. The molecule has 11 aromatic rings. The number of aryl methyl sites for hydroxylation is 1. The van der Waals surface area contributed by atoms with Crippen LogP contribution < -0.4 is 14.2 Å². The van der Waals surface area contributed by atoms with E-state index in [2.05, 4.69) is 20.1 Å². The number of carbonyl (C=O) groups is 9. The molecule has 0 saturated heterocycles. The van der Waals surface area contributed by atoms with Gasteiger partial charge in [-0.05, 0) is 224 Å². The normalized spacial score (nSPS) is 12.1. The minimum absolute atomic E-state index is 0.00907. The molecule has 0 amide bonds. The average molecular weight is 1850 g/mol. The maximum atomic E-state index is 13.0. The molecule has 6 aromatic heterocycles. The molecule has 0 radical (unpaired) electrons. The van der Waals surface area contributed by atoms with Gasteiger partial charge in [0.05, 0.1) is 22.7 Å². The molecule has 20 nitrogen and oxygen atoms in total. The number of furan rings is 1. The zero-order valence-electron chi connectivity index (χ0n) is 59.9. The Kier molecular flexibility index (Phi) is 39.4. The Labute approximate surface area is 725 Å². The Bertz CT molecular complexity index is 5180. The summed E-state index contributed by atoms with van der Waals surface area (Å²) < 4.78 is 45.6. The minimum Gasteiger partial charge on any atom is -0.488 e. The van der Waals surface area contributed by atoms with Gasteiger partial charge >= 0.3 is 0 Å². The predicted molar refractivity (Wildman–Crippen MR) is 446 cm³/mol. The Morgan fingerprint density at radius 3 is 1.76 bits per heavy atom. The average Bonchev–Trinajstić information content (AvgIpc) is 1.54. The number of fused-ring (bicyclic) bond motifs is 2. The van der Waals surface area contributed by atoms with Crippen molar-refractivity contribution in [2.75, 3.05) is 13.4 Å². The van der Waals surface area contributed by atoms with E-state index in [9.17, 15) is 47.5 Å². The van der Waals surface area contributed by atoms with Gasteiger partial charge in [0.2, 0.25) is 5.24 Å². The minimum atomic E-state index is -0.734. The number of thiophene rings is 1. The van der Waals surface area contributed by atoms with Crippen LogP contribution in [0.25, 0.3) is 28.0 Å². The Balaban J connectivity index is 0.000000201. The highest BCUT2D eigenvalue weighted by molar-refractivity contribution is 7.14. The highest BCUT2D eigenvalue weighted by Gasteiger charge is 2.24. The van der Waals surface area contributed by atoms with E-state index in [0.717, 1.165) is 52.0 Å². The van der Waals surface area contributed by atoms with Crippen LogP contribution in [0.2, 0.25) is 25.2 Å². The molecule has 0 unspecified atom stereocenters. The van der Waals surface area contributed by atoms with E-state index in [1.807, 2.05) is 88.4 Å². The topological polar surface area (TPSA) is 273 Å². The molecule has 36 heteroatoms. The van der Waals surface area contributed by atoms with Crippen molar-refractivity contribution < 1.29 is 75.3 Å². The van der Waals surface area contributed by atoms with Crippen LogP contribution in [0.1, 0.15) is 149 Å². The summed E-state index contributed by atoms with van der Waals surface area (Å²) in [5.41, 5.74) is 5.83. The third-order valence-electron chi connectivity index (χ3n) is 14.7. The van der Waals surface area contributed by atoms with Crippen LogP contribution in [0.5, 0.6) is 23.2 Å². The van der Waals surface area contributed by atoms with Crippen molar-refractivity contribution in [1.29, 1.82) is 0 Å². The number of nitrogens with zero attached hydrogens (tertiary/aromatic N) is 5. The Morgan fingerprint density at radius 2 is 1.27 bits per heavy atom. The molecule has 0 atom stereocenters. The van der Waals surface area contributed by atoms with Crippen molar-refractivity contribution in [3.8, 4) is 45.1 Å². The summed E-state index contributed by atoms with van der Waals surface area (Å²) in [6.45, 7) is 10.0. The second-order valence-corrected chi connectivity index (χ2v) is 30.8. The van der Waals surface area contributed by atoms with Crippen LogP contribution in [0, 0.1) is 18.7 Å². The molecule has 0 spiro atoms. The third-order valence-corrected chi connectivity index (χ3v) is 19.7. The monoisotopic (exact) mass is 1840 g/mol. The van der Waals surface area contributed by atoms with E-state index in [0.29, 0.717) is 70.3 Å². The first kappa shape index (κ1) is 95.0. The number of thiazole rings is 1. The van der Waals surface area contributed by atoms with Gasteiger partial charge in [0.25, 0.3) is 42.6 Å². The van der Waals surface area contributed by atoms with Crippen molar-refractivity contribution in [3.05, 3.63) is 261 Å². The number of oxazole rings is 1. The van der Waals surface area contributed by atoms with Gasteiger partial charge in [-0.1, -0.05) is 138 Å². The van der Waals surface area contributed by atoms with Gasteiger partial charge in [-0.3, -0.25) is 47.8 Å². The molecule has 5 aromatic carbocycles. The fourth-order valence-electron chi connectivity index (χ4n) is 9.64. The number of Topliss-reactive ketones (excluding diaryl/α,β-unsaturated/α-hetero) is 1. The standard InChI is InChI=1S/C11H5Cl3O3.C11H9NOS.C10H6Cl2O2.C10H6ClNO2.C9H6ClFO3.C9H13ClN2O.C7H11ClO.C6H3Cl2NO.C5H2Cl2OS/c12-6-3-7(13)5-8(4-6)16-10-2-1-9(17-10)11(14)15;1-8(13)10-7-14-11(12-10)9-5-3-2-4-6-9;11-8-1-2-9-6(4-8)3-7(5-14-9)10(12)13;11-10(13)8-9(14-6-12-8)7-4-2-1-3-5-7;10-9(12)7-2-6(11)1-5-3-13-4-14-8(5)7;1-6-5-7(8(10)13)11-12(6)9(2,3)4;8-7(9)6-4-2-1-3-5-6;7-5-3-4(6(8)10)1-2-9-5;6-3-1-2-9-4(3)5(7)8/h1-5H;2-7H,1H3;1-4H,5H2;1-6H;1-2H,3-4H2;5H,1-4H3;6H,1-5H2;1-3H;1-2H. The van der Waals surface area contributed by atoms with Crippen LogP contribution in [-0.2, 0) is 26.5 Å². The van der Waals surface area contributed by atoms with Crippen LogP contribution in [0.3, 0.4) is 0 Å². The Morgan fingerprint density at radius 1 is 0.614 bits per heavy atom. The smallest absolute Gasteiger partial charge is 0.290 e. The van der Waals surface area contributed by atoms with Crippen molar-refractivity contribution >= 4 is 227 Å². The summed E-state index contributed by atoms with van der Waals surface area (Å²) in [7, 11) is 0. The lowest BCUT2D eigenvalue weighted by atomic mass is 9.90. The highest BCUT2D eigenvalue weighted by Crippen LogP contribution is 2.34. The quantitative estimate of drug-likeness (QED) is 0.0589. The van der Waals surface area contributed by atoms with Gasteiger partial charge in [-0.2, -0.15) is 5.10 Å². The lowest BCUT2D eigenvalue weighted by Gasteiger charge is -2.20. The van der Waals surface area contributed by atoms with Crippen LogP contribution in [-0.4, -0.2) is 85.9 Å². The number of aromatic nitrogens is 5. The number of ether oxygens (including phenoxy) is 4. The van der Waals surface area contributed by atoms with Crippen LogP contribution in [0.15, 0.2) is 183 Å². The van der Waals surface area contributed by atoms with Gasteiger partial charge in [0.1, 0.15) is 56.1 Å². The molecule has 598 valence electrons. The number of hydrogen-bond donors (Lipinski definition) is 0. The predicted octanol–water partition coefficient (Wildman–Crippen LogP) is 25.0. The maximum absolute atomic E-state index is 13.0. The number of pyridine rings is 1. The van der Waals surface area contributed by atoms with Crippen LogP contribution >= 0.6 is 173 Å².